The largest absolute Gasteiger partial charge is 0.355 e. The molecule has 0 N–H and O–H groups in total. The molecule has 0 spiro atoms. The predicted molar refractivity (Wildman–Crippen MR) is 64.8 cm³/mol. The van der Waals surface area contributed by atoms with E-state index in [2.05, 4.69) is 54.8 Å². The molecule has 0 radical (unpaired) electrons. The lowest BCUT2D eigenvalue weighted by Gasteiger charge is -2.28. The van der Waals surface area contributed by atoms with Gasteiger partial charge in [-0.3, -0.25) is 0 Å². The van der Waals surface area contributed by atoms with Crippen LogP contribution in [0.25, 0.3) is 5.57 Å². The van der Waals surface area contributed by atoms with Crippen LogP contribution >= 0.6 is 25.3 Å². The summed E-state index contributed by atoms with van der Waals surface area (Å²) in [5.74, 6) is 0. The summed E-state index contributed by atoms with van der Waals surface area (Å²) < 4.78 is 3.31. The molecule has 1 unspecified atom stereocenters. The molecule has 68 valence electrons. The first-order valence-electron chi connectivity index (χ1n) is 4.18. The molecule has 1 aromatic rings. The smallest absolute Gasteiger partial charge is 0.0471 e. The molecular formula is C10H11BrNP. The second-order valence-corrected chi connectivity index (χ2v) is 4.75. The number of nitrogens with zero attached hydrogens (tertiary/aromatic N) is 1. The zero-order valence-electron chi connectivity index (χ0n) is 7.26. The van der Waals surface area contributed by atoms with Gasteiger partial charge in [-0.05, 0) is 39.6 Å². The molecule has 1 atom stereocenters. The van der Waals surface area contributed by atoms with E-state index < -0.39 is 0 Å². The average molecular weight is 256 g/mol. The number of fused-ring (bicyclic) bond motifs is 1. The minimum atomic E-state index is 1.04. The van der Waals surface area contributed by atoms with Gasteiger partial charge < -0.3 is 4.67 Å². The molecule has 0 saturated carbocycles. The van der Waals surface area contributed by atoms with Crippen LogP contribution in [-0.4, -0.2) is 6.54 Å². The van der Waals surface area contributed by atoms with Crippen LogP contribution in [0.2, 0.25) is 0 Å². The van der Waals surface area contributed by atoms with Crippen LogP contribution in [0.5, 0.6) is 0 Å². The molecule has 2 rings (SSSR count). The highest BCUT2D eigenvalue weighted by molar-refractivity contribution is 9.10. The molecule has 1 nitrogen and oxygen atoms in total. The van der Waals surface area contributed by atoms with Crippen LogP contribution in [0.15, 0.2) is 29.3 Å². The quantitative estimate of drug-likeness (QED) is 0.642. The van der Waals surface area contributed by atoms with Crippen molar-refractivity contribution in [2.45, 2.75) is 6.42 Å². The normalized spacial score (nSPS) is 15.8. The first-order chi connectivity index (χ1) is 6.18. The van der Waals surface area contributed by atoms with Crippen LogP contribution in [0.1, 0.15) is 12.0 Å². The average Bonchev–Trinajstić information content (AvgIpc) is 2.12. The lowest BCUT2D eigenvalue weighted by atomic mass is 9.99. The SMILES string of the molecule is C=C1CCN(P)c2ccc(Br)cc21. The van der Waals surface area contributed by atoms with Gasteiger partial charge in [0.15, 0.2) is 0 Å². The fourth-order valence-corrected chi connectivity index (χ4v) is 2.27. The van der Waals surface area contributed by atoms with Gasteiger partial charge in [-0.15, -0.1) is 0 Å². The van der Waals surface area contributed by atoms with Crippen LogP contribution < -0.4 is 4.67 Å². The zero-order valence-corrected chi connectivity index (χ0v) is 10.00. The van der Waals surface area contributed by atoms with E-state index >= 15 is 0 Å². The predicted octanol–water partition coefficient (Wildman–Crippen LogP) is 3.46. The molecule has 0 aliphatic carbocycles. The van der Waals surface area contributed by atoms with Crippen LogP contribution in [0.3, 0.4) is 0 Å². The summed E-state index contributed by atoms with van der Waals surface area (Å²) in [6.07, 6.45) is 1.05. The molecule has 1 heterocycles. The lowest BCUT2D eigenvalue weighted by molar-refractivity contribution is 0.984. The van der Waals surface area contributed by atoms with E-state index in [1.54, 1.807) is 0 Å². The Hall–Kier alpha value is -0.330. The Morgan fingerprint density at radius 1 is 1.46 bits per heavy atom. The number of hydrogen-bond donors (Lipinski definition) is 0. The van der Waals surface area contributed by atoms with E-state index in [4.69, 9.17) is 0 Å². The molecule has 0 amide bonds. The van der Waals surface area contributed by atoms with Gasteiger partial charge in [0.05, 0.1) is 0 Å². The molecule has 1 aliphatic rings. The van der Waals surface area contributed by atoms with E-state index in [1.165, 1.54) is 16.8 Å². The van der Waals surface area contributed by atoms with Gasteiger partial charge in [-0.2, -0.15) is 0 Å². The van der Waals surface area contributed by atoms with Gasteiger partial charge >= 0.3 is 0 Å². The highest BCUT2D eigenvalue weighted by Gasteiger charge is 2.16. The van der Waals surface area contributed by atoms with Crippen molar-refractivity contribution >= 4 is 36.6 Å². The summed E-state index contributed by atoms with van der Waals surface area (Å²) in [7, 11) is 2.74. The highest BCUT2D eigenvalue weighted by Crippen LogP contribution is 2.36. The van der Waals surface area contributed by atoms with Gasteiger partial charge in [-0.1, -0.05) is 22.5 Å². The Kier molecular flexibility index (Phi) is 2.44. The number of benzene rings is 1. The third-order valence-electron chi connectivity index (χ3n) is 2.30. The fraction of sp³-hybridized carbons (Fsp3) is 0.200. The third-order valence-corrected chi connectivity index (χ3v) is 3.33. The summed E-state index contributed by atoms with van der Waals surface area (Å²) >= 11 is 3.47. The van der Waals surface area contributed by atoms with E-state index in [9.17, 15) is 0 Å². The first kappa shape index (κ1) is 9.23. The topological polar surface area (TPSA) is 3.24 Å². The van der Waals surface area contributed by atoms with Gasteiger partial charge in [-0.25, -0.2) is 0 Å². The molecule has 13 heavy (non-hydrogen) atoms. The van der Waals surface area contributed by atoms with E-state index in [0.717, 1.165) is 17.4 Å². The van der Waals surface area contributed by atoms with Gasteiger partial charge in [0.25, 0.3) is 0 Å². The Balaban J connectivity index is 2.57. The van der Waals surface area contributed by atoms with Gasteiger partial charge in [0.2, 0.25) is 0 Å². The fourth-order valence-electron chi connectivity index (χ4n) is 1.55. The van der Waals surface area contributed by atoms with Crippen molar-refractivity contribution in [2.24, 2.45) is 0 Å². The Morgan fingerprint density at radius 2 is 2.23 bits per heavy atom. The van der Waals surface area contributed by atoms with Crippen molar-refractivity contribution < 1.29 is 0 Å². The summed E-state index contributed by atoms with van der Waals surface area (Å²) in [5, 5.41) is 0. The third kappa shape index (κ3) is 1.66. The maximum absolute atomic E-state index is 4.07. The second kappa shape index (κ2) is 3.43. The maximum atomic E-state index is 4.07. The molecule has 0 bridgehead atoms. The first-order valence-corrected chi connectivity index (χ1v) is 5.49. The lowest BCUT2D eigenvalue weighted by Crippen LogP contribution is -2.17. The van der Waals surface area contributed by atoms with E-state index in [-0.39, 0.29) is 0 Å². The van der Waals surface area contributed by atoms with Crippen LogP contribution in [0, 0.1) is 0 Å². The minimum Gasteiger partial charge on any atom is -0.355 e. The Labute approximate surface area is 89.2 Å². The highest BCUT2D eigenvalue weighted by atomic mass is 79.9. The molecule has 3 heteroatoms. The van der Waals surface area contributed by atoms with Crippen molar-refractivity contribution in [3.05, 3.63) is 34.8 Å². The molecule has 0 fully saturated rings. The molecule has 1 aliphatic heterocycles. The summed E-state index contributed by atoms with van der Waals surface area (Å²) in [5.41, 5.74) is 3.75. The van der Waals surface area contributed by atoms with Crippen molar-refractivity contribution in [2.75, 3.05) is 11.2 Å². The Bertz CT molecular complexity index is 362. The summed E-state index contributed by atoms with van der Waals surface area (Å²) in [6, 6.07) is 6.32. The van der Waals surface area contributed by atoms with Crippen molar-refractivity contribution in [1.82, 2.24) is 0 Å². The van der Waals surface area contributed by atoms with E-state index in [0.29, 0.717) is 0 Å². The summed E-state index contributed by atoms with van der Waals surface area (Å²) in [6.45, 7) is 5.11. The number of hydrogen-bond acceptors (Lipinski definition) is 1. The Morgan fingerprint density at radius 3 is 3.00 bits per heavy atom. The summed E-state index contributed by atoms with van der Waals surface area (Å²) in [4.78, 5) is 0. The number of anilines is 1. The number of rotatable bonds is 0. The van der Waals surface area contributed by atoms with Crippen molar-refractivity contribution in [3.63, 3.8) is 0 Å². The zero-order chi connectivity index (χ0) is 9.42. The van der Waals surface area contributed by atoms with Crippen LogP contribution in [0.4, 0.5) is 5.69 Å². The second-order valence-electron chi connectivity index (χ2n) is 3.21. The van der Waals surface area contributed by atoms with Gasteiger partial charge in [0.1, 0.15) is 0 Å². The molecule has 1 aromatic carbocycles. The molecule has 0 aromatic heterocycles. The van der Waals surface area contributed by atoms with Crippen molar-refractivity contribution in [1.29, 1.82) is 0 Å². The minimum absolute atomic E-state index is 1.04. The van der Waals surface area contributed by atoms with E-state index in [1.807, 2.05) is 0 Å². The maximum Gasteiger partial charge on any atom is 0.0471 e. The van der Waals surface area contributed by atoms with Crippen molar-refractivity contribution in [3.8, 4) is 0 Å². The number of halogens is 1. The monoisotopic (exact) mass is 255 g/mol. The van der Waals surface area contributed by atoms with Gasteiger partial charge in [0, 0.05) is 22.3 Å². The van der Waals surface area contributed by atoms with Crippen LogP contribution in [-0.2, 0) is 0 Å². The molecule has 0 saturated heterocycles. The standard InChI is InChI=1S/C10H11BrNP/c1-7-4-5-12(13)10-3-2-8(11)6-9(7)10/h2-3,6H,1,4-5,13H2. The molecular weight excluding hydrogens is 245 g/mol.